The molecule has 3 heterocycles. The Hall–Kier alpha value is -3.98. The number of hydrogen-bond acceptors (Lipinski definition) is 6. The SMILES string of the molecule is COc1cc(Nc2nc3c(c(N4CC=C(F)CC4)n2)CCC3c2ccc(F)cc2)ccc1-n1cnc(Cl)c1. The van der Waals surface area contributed by atoms with Crippen molar-refractivity contribution in [1.82, 2.24) is 19.5 Å². The number of rotatable bonds is 6. The summed E-state index contributed by atoms with van der Waals surface area (Å²) in [7, 11) is 1.60. The van der Waals surface area contributed by atoms with Gasteiger partial charge >= 0.3 is 0 Å². The van der Waals surface area contributed by atoms with Gasteiger partial charge in [0.15, 0.2) is 0 Å². The molecule has 0 radical (unpaired) electrons. The van der Waals surface area contributed by atoms with Crippen LogP contribution in [0.5, 0.6) is 5.75 Å². The molecule has 1 unspecified atom stereocenters. The summed E-state index contributed by atoms with van der Waals surface area (Å²) < 4.78 is 34.8. The van der Waals surface area contributed by atoms with Crippen LogP contribution >= 0.6 is 11.6 Å². The average molecular weight is 535 g/mol. The van der Waals surface area contributed by atoms with Crippen LogP contribution in [0.3, 0.4) is 0 Å². The van der Waals surface area contributed by atoms with Gasteiger partial charge in [0.1, 0.15) is 28.9 Å². The number of imidazole rings is 1. The molecular weight excluding hydrogens is 510 g/mol. The zero-order valence-electron chi connectivity index (χ0n) is 20.7. The van der Waals surface area contributed by atoms with E-state index in [0.29, 0.717) is 36.4 Å². The lowest BCUT2D eigenvalue weighted by molar-refractivity contribution is 0.413. The van der Waals surface area contributed by atoms with Gasteiger partial charge in [-0.15, -0.1) is 0 Å². The minimum atomic E-state index is -0.268. The van der Waals surface area contributed by atoms with Crippen LogP contribution in [-0.4, -0.2) is 39.7 Å². The summed E-state index contributed by atoms with van der Waals surface area (Å²) in [4.78, 5) is 16.0. The summed E-state index contributed by atoms with van der Waals surface area (Å²) in [5, 5.41) is 3.72. The van der Waals surface area contributed by atoms with Gasteiger partial charge in [0, 0.05) is 48.9 Å². The number of aromatic nitrogens is 4. The van der Waals surface area contributed by atoms with Crippen molar-refractivity contribution in [2.75, 3.05) is 30.4 Å². The minimum absolute atomic E-state index is 0.0212. The Labute approximate surface area is 223 Å². The number of anilines is 3. The van der Waals surface area contributed by atoms with E-state index in [1.807, 2.05) is 30.3 Å². The molecule has 1 aliphatic heterocycles. The summed E-state index contributed by atoms with van der Waals surface area (Å²) in [5.41, 5.74) is 4.51. The first kappa shape index (κ1) is 24.4. The van der Waals surface area contributed by atoms with Gasteiger partial charge in [-0.05, 0) is 48.7 Å². The summed E-state index contributed by atoms with van der Waals surface area (Å²) in [5.74, 6) is 1.51. The van der Waals surface area contributed by atoms with Crippen LogP contribution in [-0.2, 0) is 6.42 Å². The number of nitrogens with zero attached hydrogens (tertiary/aromatic N) is 5. The molecule has 0 spiro atoms. The van der Waals surface area contributed by atoms with Crippen LogP contribution in [0, 0.1) is 5.82 Å². The second-order valence-corrected chi connectivity index (χ2v) is 9.73. The molecule has 6 rings (SSSR count). The maximum absolute atomic E-state index is 13.8. The second-order valence-electron chi connectivity index (χ2n) is 9.34. The van der Waals surface area contributed by atoms with E-state index in [2.05, 4.69) is 15.2 Å². The minimum Gasteiger partial charge on any atom is -0.494 e. The highest BCUT2D eigenvalue weighted by atomic mass is 35.5. The standard InChI is InChI=1S/C28H25ClF2N6O/c1-38-24-14-20(6-9-23(24)37-15-25(29)32-16-37)33-28-34-26-21(17-2-4-18(30)5-3-17)7-8-22(26)27(35-28)36-12-10-19(31)11-13-36/h2-6,9-10,14-16,21H,7-8,11-13H2,1H3,(H,33,34,35). The molecule has 1 aliphatic carbocycles. The molecule has 194 valence electrons. The lowest BCUT2D eigenvalue weighted by atomic mass is 9.96. The van der Waals surface area contributed by atoms with Crippen molar-refractivity contribution in [3.05, 3.63) is 94.7 Å². The Kier molecular flexibility index (Phi) is 6.45. The van der Waals surface area contributed by atoms with Gasteiger partial charge < -0.3 is 19.5 Å². The zero-order chi connectivity index (χ0) is 26.2. The number of benzene rings is 2. The van der Waals surface area contributed by atoms with Gasteiger partial charge in [0.2, 0.25) is 5.95 Å². The topological polar surface area (TPSA) is 68.1 Å². The smallest absolute Gasteiger partial charge is 0.229 e. The molecule has 1 atom stereocenters. The van der Waals surface area contributed by atoms with Crippen molar-refractivity contribution in [1.29, 1.82) is 0 Å². The molecular formula is C28H25ClF2N6O. The highest BCUT2D eigenvalue weighted by Gasteiger charge is 2.31. The molecule has 0 bridgehead atoms. The van der Waals surface area contributed by atoms with Crippen molar-refractivity contribution in [2.45, 2.75) is 25.2 Å². The highest BCUT2D eigenvalue weighted by Crippen LogP contribution is 2.42. The molecule has 2 aliphatic rings. The van der Waals surface area contributed by atoms with Crippen molar-refractivity contribution >= 4 is 29.1 Å². The lowest BCUT2D eigenvalue weighted by Crippen LogP contribution is -2.30. The molecule has 0 saturated carbocycles. The van der Waals surface area contributed by atoms with E-state index in [1.54, 1.807) is 30.3 Å². The fourth-order valence-corrected chi connectivity index (χ4v) is 5.29. The molecule has 2 aromatic carbocycles. The highest BCUT2D eigenvalue weighted by molar-refractivity contribution is 6.29. The third-order valence-corrected chi connectivity index (χ3v) is 7.22. The first-order valence-corrected chi connectivity index (χ1v) is 12.8. The number of hydrogen-bond donors (Lipinski definition) is 1. The number of ether oxygens (including phenoxy) is 1. The third kappa shape index (κ3) is 4.69. The Morgan fingerprint density at radius 3 is 2.63 bits per heavy atom. The summed E-state index contributed by atoms with van der Waals surface area (Å²) in [6, 6.07) is 12.2. The monoisotopic (exact) mass is 534 g/mol. The fraction of sp³-hybridized carbons (Fsp3) is 0.250. The van der Waals surface area contributed by atoms with E-state index in [9.17, 15) is 8.78 Å². The lowest BCUT2D eigenvalue weighted by Gasteiger charge is -2.28. The number of nitrogens with one attached hydrogen (secondary N) is 1. The third-order valence-electron chi connectivity index (χ3n) is 7.02. The molecule has 1 N–H and O–H groups in total. The summed E-state index contributed by atoms with van der Waals surface area (Å²) in [6.45, 7) is 0.994. The molecule has 38 heavy (non-hydrogen) atoms. The Bertz CT molecular complexity index is 1520. The predicted octanol–water partition coefficient (Wildman–Crippen LogP) is 6.35. The average Bonchev–Trinajstić information content (AvgIpc) is 3.55. The van der Waals surface area contributed by atoms with Gasteiger partial charge in [-0.2, -0.15) is 4.98 Å². The Morgan fingerprint density at radius 1 is 1.08 bits per heavy atom. The first-order valence-electron chi connectivity index (χ1n) is 12.4. The van der Waals surface area contributed by atoms with E-state index in [-0.39, 0.29) is 17.6 Å². The largest absolute Gasteiger partial charge is 0.494 e. The van der Waals surface area contributed by atoms with Crippen molar-refractivity contribution in [3.8, 4) is 11.4 Å². The summed E-state index contributed by atoms with van der Waals surface area (Å²) in [6.07, 6.45) is 6.91. The molecule has 4 aromatic rings. The van der Waals surface area contributed by atoms with E-state index in [1.165, 1.54) is 12.1 Å². The van der Waals surface area contributed by atoms with E-state index in [4.69, 9.17) is 26.3 Å². The van der Waals surface area contributed by atoms with Crippen LogP contribution in [0.4, 0.5) is 26.2 Å². The number of methoxy groups -OCH3 is 1. The molecule has 0 amide bonds. The Morgan fingerprint density at radius 2 is 1.92 bits per heavy atom. The first-order chi connectivity index (χ1) is 18.5. The van der Waals surface area contributed by atoms with Crippen molar-refractivity contribution in [2.24, 2.45) is 0 Å². The van der Waals surface area contributed by atoms with E-state index >= 15 is 0 Å². The quantitative estimate of drug-likeness (QED) is 0.311. The zero-order valence-corrected chi connectivity index (χ0v) is 21.4. The van der Waals surface area contributed by atoms with Crippen LogP contribution in [0.25, 0.3) is 5.69 Å². The van der Waals surface area contributed by atoms with E-state index < -0.39 is 0 Å². The van der Waals surface area contributed by atoms with Crippen molar-refractivity contribution in [3.63, 3.8) is 0 Å². The predicted molar refractivity (Wildman–Crippen MR) is 143 cm³/mol. The Balaban J connectivity index is 1.38. The maximum Gasteiger partial charge on any atom is 0.229 e. The van der Waals surface area contributed by atoms with Gasteiger partial charge in [-0.3, -0.25) is 0 Å². The molecule has 2 aromatic heterocycles. The fourth-order valence-electron chi connectivity index (χ4n) is 5.14. The van der Waals surface area contributed by atoms with Gasteiger partial charge in [-0.1, -0.05) is 23.7 Å². The van der Waals surface area contributed by atoms with Gasteiger partial charge in [0.05, 0.1) is 24.3 Å². The van der Waals surface area contributed by atoms with E-state index in [0.717, 1.165) is 46.9 Å². The molecule has 0 fully saturated rings. The normalized spacial score (nSPS) is 16.8. The van der Waals surface area contributed by atoms with Crippen LogP contribution in [0.2, 0.25) is 5.15 Å². The van der Waals surface area contributed by atoms with Gasteiger partial charge in [-0.25, -0.2) is 18.7 Å². The number of halogens is 3. The molecule has 7 nitrogen and oxygen atoms in total. The number of fused-ring (bicyclic) bond motifs is 1. The molecule has 0 saturated heterocycles. The summed E-state index contributed by atoms with van der Waals surface area (Å²) >= 11 is 5.99. The van der Waals surface area contributed by atoms with Gasteiger partial charge in [0.25, 0.3) is 0 Å². The van der Waals surface area contributed by atoms with Crippen LogP contribution in [0.15, 0.2) is 66.9 Å². The van der Waals surface area contributed by atoms with Crippen LogP contribution in [0.1, 0.15) is 35.6 Å². The second kappa shape index (κ2) is 10.1. The van der Waals surface area contributed by atoms with Crippen molar-refractivity contribution < 1.29 is 13.5 Å². The van der Waals surface area contributed by atoms with Crippen LogP contribution < -0.4 is 15.0 Å². The molecule has 10 heteroatoms. The maximum atomic E-state index is 13.8.